The molecule has 0 fully saturated rings. The van der Waals surface area contributed by atoms with E-state index in [0.717, 1.165) is 14.6 Å². The molecule has 0 aliphatic heterocycles. The second-order valence-corrected chi connectivity index (χ2v) is 5.01. The van der Waals surface area contributed by atoms with E-state index in [4.69, 9.17) is 11.6 Å². The quantitative estimate of drug-likeness (QED) is 0.598. The van der Waals surface area contributed by atoms with Crippen molar-refractivity contribution >= 4 is 54.9 Å². The van der Waals surface area contributed by atoms with Crippen LogP contribution in [-0.4, -0.2) is 18.1 Å². The lowest BCUT2D eigenvalue weighted by Crippen LogP contribution is -1.96. The van der Waals surface area contributed by atoms with Crippen LogP contribution >= 0.6 is 38.9 Å². The third-order valence-electron chi connectivity index (χ3n) is 1.85. The summed E-state index contributed by atoms with van der Waals surface area (Å²) in [6.07, 6.45) is 1.61. The van der Waals surface area contributed by atoms with Gasteiger partial charge in [-0.2, -0.15) is 0 Å². The van der Waals surface area contributed by atoms with E-state index in [-0.39, 0.29) is 5.97 Å². The molecule has 2 rings (SSSR count). The summed E-state index contributed by atoms with van der Waals surface area (Å²) in [5.74, 6) is -0.362. The van der Waals surface area contributed by atoms with Crippen LogP contribution in [0.3, 0.4) is 0 Å². The highest BCUT2D eigenvalue weighted by Gasteiger charge is 2.14. The van der Waals surface area contributed by atoms with Crippen LogP contribution in [0.2, 0.25) is 5.15 Å². The molecular weight excluding hydrogens is 302 g/mol. The fraction of sp³-hybridized carbons (Fsp3) is 0.111. The Labute approximate surface area is 103 Å². The van der Waals surface area contributed by atoms with Crippen LogP contribution in [0.5, 0.6) is 0 Å². The summed E-state index contributed by atoms with van der Waals surface area (Å²) in [5, 5.41) is 1.27. The number of thiophene rings is 1. The minimum Gasteiger partial charge on any atom is -0.465 e. The van der Waals surface area contributed by atoms with Crippen LogP contribution in [0, 0.1) is 0 Å². The molecule has 6 heteroatoms. The van der Waals surface area contributed by atoms with Gasteiger partial charge < -0.3 is 4.74 Å². The SMILES string of the molecule is COC(=O)c1cc2c(Br)cnc(Cl)c2s1. The topological polar surface area (TPSA) is 39.2 Å². The number of aromatic nitrogens is 1. The summed E-state index contributed by atoms with van der Waals surface area (Å²) in [5.41, 5.74) is 0. The molecule has 2 aromatic heterocycles. The summed E-state index contributed by atoms with van der Waals surface area (Å²) in [6, 6.07) is 1.74. The zero-order chi connectivity index (χ0) is 11.0. The van der Waals surface area contributed by atoms with Gasteiger partial charge in [-0.15, -0.1) is 11.3 Å². The zero-order valence-corrected chi connectivity index (χ0v) is 10.7. The minimum absolute atomic E-state index is 0.362. The molecule has 0 atom stereocenters. The zero-order valence-electron chi connectivity index (χ0n) is 7.58. The molecule has 15 heavy (non-hydrogen) atoms. The highest BCUT2D eigenvalue weighted by atomic mass is 79.9. The van der Waals surface area contributed by atoms with Gasteiger partial charge in [-0.05, 0) is 22.0 Å². The van der Waals surface area contributed by atoms with Gasteiger partial charge in [-0.25, -0.2) is 9.78 Å². The number of hydrogen-bond donors (Lipinski definition) is 0. The number of methoxy groups -OCH3 is 1. The number of carbonyl (C=O) groups excluding carboxylic acids is 1. The molecule has 0 saturated heterocycles. The molecule has 0 N–H and O–H groups in total. The lowest BCUT2D eigenvalue weighted by atomic mass is 10.3. The largest absolute Gasteiger partial charge is 0.465 e. The van der Waals surface area contributed by atoms with E-state index in [9.17, 15) is 4.79 Å². The van der Waals surface area contributed by atoms with Crippen LogP contribution in [-0.2, 0) is 4.74 Å². The Hall–Kier alpha value is -0.650. The predicted molar refractivity (Wildman–Crippen MR) is 63.7 cm³/mol. The number of hydrogen-bond acceptors (Lipinski definition) is 4. The van der Waals surface area contributed by atoms with Crippen molar-refractivity contribution in [3.05, 3.63) is 26.8 Å². The summed E-state index contributed by atoms with van der Waals surface area (Å²) >= 11 is 10.5. The molecule has 0 bridgehead atoms. The van der Waals surface area contributed by atoms with Crippen LogP contribution in [0.25, 0.3) is 10.1 Å². The molecule has 0 amide bonds. The Kier molecular flexibility index (Phi) is 2.95. The Bertz CT molecular complexity index is 501. The third kappa shape index (κ3) is 1.87. The van der Waals surface area contributed by atoms with Crippen molar-refractivity contribution in [2.45, 2.75) is 0 Å². The van der Waals surface area contributed by atoms with Gasteiger partial charge in [0.15, 0.2) is 0 Å². The second kappa shape index (κ2) is 4.08. The Morgan fingerprint density at radius 2 is 2.40 bits per heavy atom. The molecule has 0 saturated carbocycles. The lowest BCUT2D eigenvalue weighted by Gasteiger charge is -1.93. The summed E-state index contributed by atoms with van der Waals surface area (Å²) in [4.78, 5) is 15.8. The molecule has 78 valence electrons. The van der Waals surface area contributed by atoms with E-state index in [1.165, 1.54) is 18.4 Å². The van der Waals surface area contributed by atoms with Gasteiger partial charge >= 0.3 is 5.97 Å². The maximum absolute atomic E-state index is 11.3. The van der Waals surface area contributed by atoms with Crippen molar-refractivity contribution < 1.29 is 9.53 Å². The van der Waals surface area contributed by atoms with Crippen LogP contribution < -0.4 is 0 Å². The fourth-order valence-electron chi connectivity index (χ4n) is 1.16. The smallest absolute Gasteiger partial charge is 0.348 e. The number of pyridine rings is 1. The van der Waals surface area contributed by atoms with Crippen molar-refractivity contribution in [1.29, 1.82) is 0 Å². The Morgan fingerprint density at radius 1 is 1.67 bits per heavy atom. The van der Waals surface area contributed by atoms with Crippen molar-refractivity contribution in [2.75, 3.05) is 7.11 Å². The van der Waals surface area contributed by atoms with Gasteiger partial charge in [0, 0.05) is 16.1 Å². The maximum Gasteiger partial charge on any atom is 0.348 e. The summed E-state index contributed by atoms with van der Waals surface area (Å²) < 4.78 is 6.24. The highest BCUT2D eigenvalue weighted by molar-refractivity contribution is 9.10. The van der Waals surface area contributed by atoms with Gasteiger partial charge in [-0.3, -0.25) is 0 Å². The number of carbonyl (C=O) groups is 1. The molecule has 0 aliphatic rings. The maximum atomic E-state index is 11.3. The second-order valence-electron chi connectivity index (χ2n) is 2.74. The molecule has 0 unspecified atom stereocenters. The molecular formula is C9H5BrClNO2S. The van der Waals surface area contributed by atoms with Crippen LogP contribution in [0.1, 0.15) is 9.67 Å². The van der Waals surface area contributed by atoms with Crippen molar-refractivity contribution in [3.63, 3.8) is 0 Å². The lowest BCUT2D eigenvalue weighted by molar-refractivity contribution is 0.0606. The number of ether oxygens (including phenoxy) is 1. The average molecular weight is 307 g/mol. The van der Waals surface area contributed by atoms with E-state index >= 15 is 0 Å². The predicted octanol–water partition coefficient (Wildman–Crippen LogP) is 3.50. The fourth-order valence-corrected chi connectivity index (χ4v) is 2.96. The Morgan fingerprint density at radius 3 is 3.00 bits per heavy atom. The van der Waals surface area contributed by atoms with Crippen LogP contribution in [0.4, 0.5) is 0 Å². The normalized spacial score (nSPS) is 10.6. The molecule has 2 heterocycles. The van der Waals surface area contributed by atoms with Crippen LogP contribution in [0.15, 0.2) is 16.7 Å². The first-order valence-corrected chi connectivity index (χ1v) is 5.94. The molecule has 2 aromatic rings. The monoisotopic (exact) mass is 305 g/mol. The number of halogens is 2. The number of esters is 1. The molecule has 0 aromatic carbocycles. The number of rotatable bonds is 1. The average Bonchev–Trinajstić information content (AvgIpc) is 2.68. The molecule has 0 spiro atoms. The first-order chi connectivity index (χ1) is 7.13. The van der Waals surface area contributed by atoms with E-state index in [1.54, 1.807) is 12.3 Å². The molecule has 0 radical (unpaired) electrons. The van der Waals surface area contributed by atoms with Crippen molar-refractivity contribution in [3.8, 4) is 0 Å². The van der Waals surface area contributed by atoms with E-state index in [2.05, 4.69) is 25.7 Å². The van der Waals surface area contributed by atoms with Crippen molar-refractivity contribution in [2.24, 2.45) is 0 Å². The van der Waals surface area contributed by atoms with Gasteiger partial charge in [-0.1, -0.05) is 11.6 Å². The van der Waals surface area contributed by atoms with E-state index < -0.39 is 0 Å². The standard InChI is InChI=1S/C9H5BrClNO2S/c1-14-9(13)6-2-4-5(10)3-12-8(11)7(4)15-6/h2-3H,1H3. The van der Waals surface area contributed by atoms with Gasteiger partial charge in [0.25, 0.3) is 0 Å². The first kappa shape index (κ1) is 10.9. The molecule has 0 aliphatic carbocycles. The van der Waals surface area contributed by atoms with Gasteiger partial charge in [0.2, 0.25) is 0 Å². The van der Waals surface area contributed by atoms with E-state index in [1.807, 2.05) is 0 Å². The number of fused-ring (bicyclic) bond motifs is 1. The Balaban J connectivity index is 2.70. The van der Waals surface area contributed by atoms with Crippen molar-refractivity contribution in [1.82, 2.24) is 4.98 Å². The van der Waals surface area contributed by atoms with E-state index in [0.29, 0.717) is 10.0 Å². The summed E-state index contributed by atoms with van der Waals surface area (Å²) in [7, 11) is 1.35. The first-order valence-electron chi connectivity index (χ1n) is 3.95. The van der Waals surface area contributed by atoms with Gasteiger partial charge in [0.05, 0.1) is 11.8 Å². The highest BCUT2D eigenvalue weighted by Crippen LogP contribution is 2.35. The number of nitrogens with zero attached hydrogens (tertiary/aromatic N) is 1. The minimum atomic E-state index is -0.362. The van der Waals surface area contributed by atoms with Gasteiger partial charge in [0.1, 0.15) is 10.0 Å². The third-order valence-corrected chi connectivity index (χ3v) is 4.01. The summed E-state index contributed by atoms with van der Waals surface area (Å²) in [6.45, 7) is 0. The molecule has 3 nitrogen and oxygen atoms in total.